The summed E-state index contributed by atoms with van der Waals surface area (Å²) in [6.45, 7) is 1.42. The third kappa shape index (κ3) is 4.28. The summed E-state index contributed by atoms with van der Waals surface area (Å²) >= 11 is 0. The molecular formula is C22H25N3O5S. The van der Waals surface area contributed by atoms with Crippen molar-refractivity contribution in [1.29, 1.82) is 0 Å². The van der Waals surface area contributed by atoms with Crippen LogP contribution in [0.4, 0.5) is 5.69 Å². The summed E-state index contributed by atoms with van der Waals surface area (Å²) in [5.41, 5.74) is 0.707. The van der Waals surface area contributed by atoms with Gasteiger partial charge >= 0.3 is 0 Å². The lowest BCUT2D eigenvalue weighted by molar-refractivity contribution is -0.136. The van der Waals surface area contributed by atoms with Crippen LogP contribution in [0.25, 0.3) is 0 Å². The van der Waals surface area contributed by atoms with Gasteiger partial charge in [-0.3, -0.25) is 9.59 Å². The Morgan fingerprint density at radius 1 is 1.00 bits per heavy atom. The minimum atomic E-state index is -3.57. The van der Waals surface area contributed by atoms with Crippen molar-refractivity contribution in [1.82, 2.24) is 9.21 Å². The van der Waals surface area contributed by atoms with Gasteiger partial charge in [-0.1, -0.05) is 24.3 Å². The van der Waals surface area contributed by atoms with Crippen molar-refractivity contribution in [3.05, 3.63) is 54.6 Å². The summed E-state index contributed by atoms with van der Waals surface area (Å²) in [5, 5.41) is 0. The Kier molecular flexibility index (Phi) is 5.97. The van der Waals surface area contributed by atoms with Crippen molar-refractivity contribution >= 4 is 27.5 Å². The molecule has 0 radical (unpaired) electrons. The summed E-state index contributed by atoms with van der Waals surface area (Å²) in [4.78, 5) is 29.1. The van der Waals surface area contributed by atoms with Gasteiger partial charge in [-0.05, 0) is 24.3 Å². The standard InChI is InChI=1S/C22H25N3O5S/c1-30-19-7-5-6-18(15-19)25-16-17(14-21(25)26)22(27)23-10-12-24(13-11-23)31(28,29)20-8-3-2-4-9-20/h2-9,15,17H,10-14,16H2,1H3/t17-/m0/s1. The first-order chi connectivity index (χ1) is 14.9. The average Bonchev–Trinajstić information content (AvgIpc) is 3.21. The maximum Gasteiger partial charge on any atom is 0.243 e. The van der Waals surface area contributed by atoms with Crippen molar-refractivity contribution in [2.75, 3.05) is 44.7 Å². The van der Waals surface area contributed by atoms with Gasteiger partial charge < -0.3 is 14.5 Å². The molecule has 2 heterocycles. The highest BCUT2D eigenvalue weighted by molar-refractivity contribution is 7.89. The lowest BCUT2D eigenvalue weighted by atomic mass is 10.1. The fraction of sp³-hybridized carbons (Fsp3) is 0.364. The molecule has 2 aromatic rings. The Morgan fingerprint density at radius 3 is 2.39 bits per heavy atom. The first-order valence-electron chi connectivity index (χ1n) is 10.2. The highest BCUT2D eigenvalue weighted by Gasteiger charge is 2.39. The summed E-state index contributed by atoms with van der Waals surface area (Å²) in [6, 6.07) is 15.5. The largest absolute Gasteiger partial charge is 0.497 e. The molecule has 2 aliphatic heterocycles. The van der Waals surface area contributed by atoms with Crippen molar-refractivity contribution < 1.29 is 22.7 Å². The fourth-order valence-electron chi connectivity index (χ4n) is 4.05. The third-order valence-electron chi connectivity index (χ3n) is 5.77. The first-order valence-corrected chi connectivity index (χ1v) is 11.6. The Hall–Kier alpha value is -2.91. The molecule has 0 N–H and O–H groups in total. The zero-order valence-corrected chi connectivity index (χ0v) is 18.1. The number of piperazine rings is 1. The number of carbonyl (C=O) groups excluding carboxylic acids is 2. The van der Waals surface area contributed by atoms with Crippen LogP contribution in [-0.4, -0.2) is 69.3 Å². The molecule has 0 bridgehead atoms. The zero-order valence-electron chi connectivity index (χ0n) is 17.3. The normalized spacial score (nSPS) is 20.2. The van der Waals surface area contributed by atoms with Crippen LogP contribution in [0.5, 0.6) is 5.75 Å². The highest BCUT2D eigenvalue weighted by Crippen LogP contribution is 2.29. The molecule has 2 aromatic carbocycles. The minimum Gasteiger partial charge on any atom is -0.497 e. The van der Waals surface area contributed by atoms with Crippen LogP contribution < -0.4 is 9.64 Å². The van der Waals surface area contributed by atoms with Crippen LogP contribution in [0.15, 0.2) is 59.5 Å². The molecule has 0 aliphatic carbocycles. The number of ether oxygens (including phenoxy) is 1. The Balaban J connectivity index is 1.38. The molecule has 4 rings (SSSR count). The smallest absolute Gasteiger partial charge is 0.243 e. The second-order valence-corrected chi connectivity index (χ2v) is 9.59. The van der Waals surface area contributed by atoms with Crippen LogP contribution in [-0.2, 0) is 19.6 Å². The molecular weight excluding hydrogens is 418 g/mol. The summed E-state index contributed by atoms with van der Waals surface area (Å²) in [6.07, 6.45) is 0.151. The van der Waals surface area contributed by atoms with Gasteiger partial charge in [-0.25, -0.2) is 8.42 Å². The van der Waals surface area contributed by atoms with Crippen LogP contribution in [0, 0.1) is 5.92 Å². The molecule has 2 saturated heterocycles. The number of nitrogens with zero attached hydrogens (tertiary/aromatic N) is 3. The maximum absolute atomic E-state index is 13.0. The number of hydrogen-bond acceptors (Lipinski definition) is 5. The Labute approximate surface area is 182 Å². The molecule has 0 unspecified atom stereocenters. The lowest BCUT2D eigenvalue weighted by Gasteiger charge is -2.35. The number of hydrogen-bond donors (Lipinski definition) is 0. The number of amides is 2. The Bertz CT molecular complexity index is 1070. The second kappa shape index (κ2) is 8.68. The van der Waals surface area contributed by atoms with Gasteiger partial charge in [0.05, 0.1) is 17.9 Å². The van der Waals surface area contributed by atoms with Gasteiger partial charge in [0.2, 0.25) is 21.8 Å². The molecule has 2 fully saturated rings. The number of anilines is 1. The number of rotatable bonds is 5. The van der Waals surface area contributed by atoms with E-state index in [1.807, 2.05) is 12.1 Å². The summed E-state index contributed by atoms with van der Waals surface area (Å²) in [7, 11) is -2.00. The predicted molar refractivity (Wildman–Crippen MR) is 115 cm³/mol. The van der Waals surface area contributed by atoms with Gasteiger partial charge in [-0.15, -0.1) is 0 Å². The van der Waals surface area contributed by atoms with Crippen LogP contribution in [0.1, 0.15) is 6.42 Å². The number of carbonyl (C=O) groups is 2. The lowest BCUT2D eigenvalue weighted by Crippen LogP contribution is -2.52. The van der Waals surface area contributed by atoms with E-state index >= 15 is 0 Å². The molecule has 31 heavy (non-hydrogen) atoms. The van der Waals surface area contributed by atoms with E-state index < -0.39 is 15.9 Å². The van der Waals surface area contributed by atoms with E-state index in [1.54, 1.807) is 59.4 Å². The van der Waals surface area contributed by atoms with E-state index in [4.69, 9.17) is 4.74 Å². The summed E-state index contributed by atoms with van der Waals surface area (Å²) in [5.74, 6) is 0.0132. The Morgan fingerprint density at radius 2 is 1.71 bits per heavy atom. The number of sulfonamides is 1. The molecule has 2 aliphatic rings. The zero-order chi connectivity index (χ0) is 22.0. The van der Waals surface area contributed by atoms with Gasteiger partial charge in [0, 0.05) is 50.9 Å². The number of benzene rings is 2. The molecule has 9 heteroatoms. The van der Waals surface area contributed by atoms with Crippen molar-refractivity contribution in [3.63, 3.8) is 0 Å². The summed E-state index contributed by atoms with van der Waals surface area (Å²) < 4.78 is 32.2. The minimum absolute atomic E-state index is 0.100. The van der Waals surface area contributed by atoms with Gasteiger partial charge in [0.25, 0.3) is 0 Å². The first kappa shape index (κ1) is 21.3. The molecule has 2 amide bonds. The van der Waals surface area contributed by atoms with Gasteiger partial charge in [-0.2, -0.15) is 4.31 Å². The van der Waals surface area contributed by atoms with Crippen LogP contribution in [0.3, 0.4) is 0 Å². The van der Waals surface area contributed by atoms with Crippen molar-refractivity contribution in [2.24, 2.45) is 5.92 Å². The average molecular weight is 444 g/mol. The van der Waals surface area contributed by atoms with E-state index in [-0.39, 0.29) is 36.2 Å². The van der Waals surface area contributed by atoms with Crippen molar-refractivity contribution in [2.45, 2.75) is 11.3 Å². The van der Waals surface area contributed by atoms with Gasteiger partial charge in [0.1, 0.15) is 5.75 Å². The van der Waals surface area contributed by atoms with E-state index in [1.165, 1.54) is 4.31 Å². The highest BCUT2D eigenvalue weighted by atomic mass is 32.2. The topological polar surface area (TPSA) is 87.2 Å². The molecule has 0 saturated carbocycles. The van der Waals surface area contributed by atoms with E-state index in [0.717, 1.165) is 0 Å². The van der Waals surface area contributed by atoms with E-state index in [9.17, 15) is 18.0 Å². The number of methoxy groups -OCH3 is 1. The second-order valence-electron chi connectivity index (χ2n) is 7.65. The van der Waals surface area contributed by atoms with E-state index in [2.05, 4.69) is 0 Å². The van der Waals surface area contributed by atoms with Gasteiger partial charge in [0.15, 0.2) is 0 Å². The van der Waals surface area contributed by atoms with Crippen LogP contribution in [0.2, 0.25) is 0 Å². The predicted octanol–water partition coefficient (Wildman–Crippen LogP) is 1.58. The molecule has 164 valence electrons. The maximum atomic E-state index is 13.0. The fourth-order valence-corrected chi connectivity index (χ4v) is 5.49. The van der Waals surface area contributed by atoms with Crippen molar-refractivity contribution in [3.8, 4) is 5.75 Å². The quantitative estimate of drug-likeness (QED) is 0.700. The third-order valence-corrected chi connectivity index (χ3v) is 7.68. The molecule has 1 atom stereocenters. The molecule has 0 aromatic heterocycles. The molecule has 0 spiro atoms. The molecule has 8 nitrogen and oxygen atoms in total. The van der Waals surface area contributed by atoms with E-state index in [0.29, 0.717) is 31.1 Å². The van der Waals surface area contributed by atoms with Crippen LogP contribution >= 0.6 is 0 Å². The SMILES string of the molecule is COc1cccc(N2C[C@@H](C(=O)N3CCN(S(=O)(=O)c4ccccc4)CC3)CC2=O)c1. The monoisotopic (exact) mass is 443 g/mol.